The van der Waals surface area contributed by atoms with Crippen LogP contribution in [0.4, 0.5) is 0 Å². The summed E-state index contributed by atoms with van der Waals surface area (Å²) in [6, 6.07) is 0. The first-order chi connectivity index (χ1) is 8.31. The van der Waals surface area contributed by atoms with Crippen molar-refractivity contribution in [2.24, 2.45) is 0 Å². The van der Waals surface area contributed by atoms with Crippen molar-refractivity contribution in [3.8, 4) is 0 Å². The summed E-state index contributed by atoms with van der Waals surface area (Å²) in [5.74, 6) is -2.65. The molecule has 0 fully saturated rings. The van der Waals surface area contributed by atoms with E-state index in [9.17, 15) is 13.2 Å². The molecule has 0 unspecified atom stereocenters. The number of ether oxygens (including phenoxy) is 3. The standard InChI is InChI=1S/C10H20O7S/c1-5-14-9(11)10(15-6-2,16-7-3)8-17-18(4,12)13/h5-8H2,1-4H3. The second-order valence-corrected chi connectivity index (χ2v) is 4.95. The van der Waals surface area contributed by atoms with Crippen LogP contribution < -0.4 is 0 Å². The zero-order chi connectivity index (χ0) is 14.2. The maximum absolute atomic E-state index is 11.8. The predicted molar refractivity (Wildman–Crippen MR) is 63.4 cm³/mol. The summed E-state index contributed by atoms with van der Waals surface area (Å²) in [4.78, 5) is 11.8. The molecule has 0 saturated heterocycles. The van der Waals surface area contributed by atoms with Crippen LogP contribution in [0.5, 0.6) is 0 Å². The summed E-state index contributed by atoms with van der Waals surface area (Å²) >= 11 is 0. The minimum Gasteiger partial charge on any atom is -0.462 e. The largest absolute Gasteiger partial charge is 0.462 e. The smallest absolute Gasteiger partial charge is 0.369 e. The molecule has 0 aliphatic carbocycles. The van der Waals surface area contributed by atoms with Gasteiger partial charge in [-0.3, -0.25) is 4.18 Å². The normalized spacial score (nSPS) is 12.4. The van der Waals surface area contributed by atoms with Gasteiger partial charge in [-0.05, 0) is 20.8 Å². The fraction of sp³-hybridized carbons (Fsp3) is 0.900. The van der Waals surface area contributed by atoms with Gasteiger partial charge in [0.05, 0.1) is 12.9 Å². The highest BCUT2D eigenvalue weighted by Crippen LogP contribution is 2.18. The maximum Gasteiger partial charge on any atom is 0.369 e. The molecule has 0 radical (unpaired) electrons. The first kappa shape index (κ1) is 17.3. The molecule has 0 amide bonds. The zero-order valence-corrected chi connectivity index (χ0v) is 11.9. The molecule has 0 aliphatic rings. The molecular weight excluding hydrogens is 264 g/mol. The summed E-state index contributed by atoms with van der Waals surface area (Å²) in [7, 11) is -3.71. The Bertz CT molecular complexity index is 343. The lowest BCUT2D eigenvalue weighted by molar-refractivity contribution is -0.254. The molecule has 0 bridgehead atoms. The second kappa shape index (κ2) is 7.67. The van der Waals surface area contributed by atoms with Gasteiger partial charge in [0, 0.05) is 13.2 Å². The van der Waals surface area contributed by atoms with Gasteiger partial charge in [0.15, 0.2) is 0 Å². The van der Waals surface area contributed by atoms with Gasteiger partial charge in [-0.15, -0.1) is 0 Å². The van der Waals surface area contributed by atoms with Crippen molar-refractivity contribution >= 4 is 16.1 Å². The fourth-order valence-electron chi connectivity index (χ4n) is 1.19. The number of carbonyl (C=O) groups excluding carboxylic acids is 1. The highest BCUT2D eigenvalue weighted by molar-refractivity contribution is 7.85. The van der Waals surface area contributed by atoms with Crippen molar-refractivity contribution in [3.05, 3.63) is 0 Å². The monoisotopic (exact) mass is 284 g/mol. The van der Waals surface area contributed by atoms with Crippen LogP contribution in [0.15, 0.2) is 0 Å². The molecule has 0 atom stereocenters. The highest BCUT2D eigenvalue weighted by atomic mass is 32.2. The number of hydrogen-bond donors (Lipinski definition) is 0. The van der Waals surface area contributed by atoms with E-state index in [1.54, 1.807) is 20.8 Å². The molecular formula is C10H20O7S. The second-order valence-electron chi connectivity index (χ2n) is 3.31. The molecule has 0 aromatic heterocycles. The number of esters is 1. The topological polar surface area (TPSA) is 88.1 Å². The third kappa shape index (κ3) is 5.76. The van der Waals surface area contributed by atoms with E-state index < -0.39 is 28.5 Å². The van der Waals surface area contributed by atoms with Crippen molar-refractivity contribution < 1.29 is 31.6 Å². The average Bonchev–Trinajstić information content (AvgIpc) is 2.26. The SMILES string of the molecule is CCOC(=O)C(COS(C)(=O)=O)(OCC)OCC. The minimum absolute atomic E-state index is 0.125. The van der Waals surface area contributed by atoms with Crippen LogP contribution in [0.1, 0.15) is 20.8 Å². The summed E-state index contributed by atoms with van der Waals surface area (Å²) in [6.07, 6.45) is 0.876. The number of carbonyl (C=O) groups is 1. The maximum atomic E-state index is 11.8. The van der Waals surface area contributed by atoms with E-state index >= 15 is 0 Å². The van der Waals surface area contributed by atoms with Crippen molar-refractivity contribution in [2.45, 2.75) is 26.6 Å². The van der Waals surface area contributed by atoms with Crippen LogP contribution in [-0.4, -0.2) is 52.9 Å². The Kier molecular flexibility index (Phi) is 7.37. The minimum atomic E-state index is -3.71. The van der Waals surface area contributed by atoms with E-state index in [2.05, 4.69) is 4.18 Å². The third-order valence-corrected chi connectivity index (χ3v) is 2.35. The Labute approximate surface area is 107 Å². The van der Waals surface area contributed by atoms with Gasteiger partial charge in [0.1, 0.15) is 6.61 Å². The number of rotatable bonds is 9. The predicted octanol–water partition coefficient (Wildman–Crippen LogP) is 0.295. The van der Waals surface area contributed by atoms with Gasteiger partial charge in [-0.2, -0.15) is 8.42 Å². The quantitative estimate of drug-likeness (QED) is 0.341. The molecule has 0 rings (SSSR count). The van der Waals surface area contributed by atoms with E-state index in [4.69, 9.17) is 14.2 Å². The van der Waals surface area contributed by atoms with Gasteiger partial charge in [0.2, 0.25) is 0 Å². The van der Waals surface area contributed by atoms with Gasteiger partial charge >= 0.3 is 5.97 Å². The van der Waals surface area contributed by atoms with Crippen molar-refractivity contribution in [2.75, 3.05) is 32.7 Å². The molecule has 18 heavy (non-hydrogen) atoms. The van der Waals surface area contributed by atoms with Crippen LogP contribution in [-0.2, 0) is 33.3 Å². The van der Waals surface area contributed by atoms with Gasteiger partial charge in [-0.1, -0.05) is 0 Å². The van der Waals surface area contributed by atoms with E-state index in [0.29, 0.717) is 0 Å². The van der Waals surface area contributed by atoms with E-state index in [-0.39, 0.29) is 19.8 Å². The summed E-state index contributed by atoms with van der Waals surface area (Å²) in [6.45, 7) is 4.75. The molecule has 8 heteroatoms. The number of hydrogen-bond acceptors (Lipinski definition) is 7. The average molecular weight is 284 g/mol. The molecule has 0 aromatic carbocycles. The molecule has 0 heterocycles. The van der Waals surface area contributed by atoms with Crippen LogP contribution >= 0.6 is 0 Å². The Balaban J connectivity index is 5.00. The van der Waals surface area contributed by atoms with Crippen molar-refractivity contribution in [3.63, 3.8) is 0 Å². The molecule has 0 aliphatic heterocycles. The van der Waals surface area contributed by atoms with Crippen molar-refractivity contribution in [1.82, 2.24) is 0 Å². The van der Waals surface area contributed by atoms with E-state index in [1.165, 1.54) is 0 Å². The lowest BCUT2D eigenvalue weighted by Gasteiger charge is -2.29. The highest BCUT2D eigenvalue weighted by Gasteiger charge is 2.44. The Morgan fingerprint density at radius 2 is 1.56 bits per heavy atom. The van der Waals surface area contributed by atoms with Crippen LogP contribution in [0.25, 0.3) is 0 Å². The van der Waals surface area contributed by atoms with Crippen LogP contribution in [0.2, 0.25) is 0 Å². The first-order valence-corrected chi connectivity index (χ1v) is 7.42. The zero-order valence-electron chi connectivity index (χ0n) is 11.1. The molecule has 108 valence electrons. The lowest BCUT2D eigenvalue weighted by atomic mass is 10.3. The molecule has 0 N–H and O–H groups in total. The first-order valence-electron chi connectivity index (χ1n) is 5.60. The summed E-state index contributed by atoms with van der Waals surface area (Å²) in [5.41, 5.74) is 0. The third-order valence-electron chi connectivity index (χ3n) is 1.80. The van der Waals surface area contributed by atoms with Crippen LogP contribution in [0, 0.1) is 0 Å². The lowest BCUT2D eigenvalue weighted by Crippen LogP contribution is -2.50. The molecule has 0 saturated carbocycles. The van der Waals surface area contributed by atoms with E-state index in [1.807, 2.05) is 0 Å². The Morgan fingerprint density at radius 3 is 1.89 bits per heavy atom. The van der Waals surface area contributed by atoms with Crippen molar-refractivity contribution in [1.29, 1.82) is 0 Å². The molecule has 7 nitrogen and oxygen atoms in total. The fourth-order valence-corrected chi connectivity index (χ4v) is 1.56. The summed E-state index contributed by atoms with van der Waals surface area (Å²) in [5, 5.41) is 0. The Hall–Kier alpha value is -0.700. The van der Waals surface area contributed by atoms with Gasteiger partial charge in [0.25, 0.3) is 15.9 Å². The van der Waals surface area contributed by atoms with E-state index in [0.717, 1.165) is 6.26 Å². The molecule has 0 spiro atoms. The van der Waals surface area contributed by atoms with Crippen LogP contribution in [0.3, 0.4) is 0 Å². The van der Waals surface area contributed by atoms with Gasteiger partial charge in [-0.25, -0.2) is 4.79 Å². The summed E-state index contributed by atoms with van der Waals surface area (Å²) < 4.78 is 41.8. The molecule has 0 aromatic rings. The van der Waals surface area contributed by atoms with Gasteiger partial charge < -0.3 is 14.2 Å². The Morgan fingerprint density at radius 1 is 1.06 bits per heavy atom.